The van der Waals surface area contributed by atoms with Crippen LogP contribution in [0.15, 0.2) is 35.5 Å². The molecule has 0 unspecified atom stereocenters. The average molecular weight is 304 g/mol. The zero-order valence-electron chi connectivity index (χ0n) is 8.03. The van der Waals surface area contributed by atoms with E-state index < -0.39 is 21.2 Å². The first-order valence-corrected chi connectivity index (χ1v) is 7.28. The van der Waals surface area contributed by atoms with Crippen LogP contribution in [-0.4, -0.2) is 14.6 Å². The van der Waals surface area contributed by atoms with Gasteiger partial charge in [-0.2, -0.15) is 0 Å². The second-order valence-electron chi connectivity index (χ2n) is 2.56. The van der Waals surface area contributed by atoms with Crippen molar-refractivity contribution in [2.24, 2.45) is 5.16 Å². The van der Waals surface area contributed by atoms with Gasteiger partial charge >= 0.3 is 93.4 Å². The molecular formula is C10H11INO2-. The van der Waals surface area contributed by atoms with Crippen LogP contribution in [-0.2, 0) is 4.84 Å². The topological polar surface area (TPSA) is 38.7 Å². The Morgan fingerprint density at radius 1 is 1.36 bits per heavy atom. The van der Waals surface area contributed by atoms with Crippen molar-refractivity contribution in [3.05, 3.63) is 35.9 Å². The first-order chi connectivity index (χ1) is 6.74. The fourth-order valence-corrected chi connectivity index (χ4v) is 1.17. The fraction of sp³-hybridized carbons (Fsp3) is 0.200. The molecule has 0 spiro atoms. The number of carbonyl (C=O) groups excluding carboxylic acids is 1. The Labute approximate surface area is 93.4 Å². The molecule has 0 atom stereocenters. The van der Waals surface area contributed by atoms with Crippen LogP contribution in [0.5, 0.6) is 0 Å². The molecule has 0 aliphatic rings. The predicted octanol–water partition coefficient (Wildman–Crippen LogP) is -0.734. The second kappa shape index (κ2) is 5.74. The van der Waals surface area contributed by atoms with E-state index in [2.05, 4.69) is 5.16 Å². The van der Waals surface area contributed by atoms with Crippen molar-refractivity contribution >= 4 is 9.69 Å². The molecule has 14 heavy (non-hydrogen) atoms. The van der Waals surface area contributed by atoms with E-state index in [1.165, 1.54) is 0 Å². The summed E-state index contributed by atoms with van der Waals surface area (Å²) in [5.74, 6) is 0. The molecule has 0 amide bonds. The van der Waals surface area contributed by atoms with E-state index in [0.717, 1.165) is 11.3 Å². The van der Waals surface area contributed by atoms with Gasteiger partial charge in [0.2, 0.25) is 0 Å². The molecule has 0 aliphatic carbocycles. The average Bonchev–Trinajstić information content (AvgIpc) is 2.26. The van der Waals surface area contributed by atoms with E-state index in [0.29, 0.717) is 0 Å². The Bertz CT molecular complexity index is 335. The monoisotopic (exact) mass is 304 g/mol. The Kier molecular flexibility index (Phi) is 4.58. The fourth-order valence-electron chi connectivity index (χ4n) is 0.871. The number of nitrogens with zero attached hydrogens (tertiary/aromatic N) is 1. The van der Waals surface area contributed by atoms with E-state index in [1.54, 1.807) is 0 Å². The molecule has 0 heterocycles. The van der Waals surface area contributed by atoms with Gasteiger partial charge in [-0.1, -0.05) is 0 Å². The molecule has 76 valence electrons. The number of hydrogen-bond donors (Lipinski definition) is 0. The molecular weight excluding hydrogens is 293 g/mol. The van der Waals surface area contributed by atoms with Crippen molar-refractivity contribution in [2.45, 2.75) is 6.92 Å². The van der Waals surface area contributed by atoms with Crippen LogP contribution in [0.3, 0.4) is 0 Å². The first kappa shape index (κ1) is 11.2. The maximum atomic E-state index is 10.9. The second-order valence-corrected chi connectivity index (χ2v) is 4.52. The van der Waals surface area contributed by atoms with Crippen molar-refractivity contribution in [1.82, 2.24) is 0 Å². The van der Waals surface area contributed by atoms with Crippen molar-refractivity contribution in [1.29, 1.82) is 0 Å². The molecule has 1 aromatic rings. The Morgan fingerprint density at radius 2 is 2.00 bits per heavy atom. The van der Waals surface area contributed by atoms with Gasteiger partial charge in [-0.15, -0.1) is 0 Å². The van der Waals surface area contributed by atoms with Crippen LogP contribution < -0.4 is 21.2 Å². The van der Waals surface area contributed by atoms with Gasteiger partial charge in [0.15, 0.2) is 0 Å². The number of benzene rings is 1. The van der Waals surface area contributed by atoms with Crippen LogP contribution in [0.25, 0.3) is 0 Å². The van der Waals surface area contributed by atoms with Crippen LogP contribution in [0, 0.1) is 0 Å². The molecule has 1 aromatic carbocycles. The molecule has 0 aliphatic heterocycles. The quantitative estimate of drug-likeness (QED) is 0.184. The van der Waals surface area contributed by atoms with E-state index in [4.69, 9.17) is 4.84 Å². The number of oxime groups is 1. The minimum absolute atomic E-state index is 0.209. The van der Waals surface area contributed by atoms with Gasteiger partial charge in [0, 0.05) is 0 Å². The molecule has 4 heteroatoms. The van der Waals surface area contributed by atoms with Crippen LogP contribution >= 0.6 is 0 Å². The van der Waals surface area contributed by atoms with Crippen LogP contribution in [0.2, 0.25) is 0 Å². The Morgan fingerprint density at radius 3 is 2.57 bits per heavy atom. The van der Waals surface area contributed by atoms with Gasteiger partial charge in [0.25, 0.3) is 0 Å². The summed E-state index contributed by atoms with van der Waals surface area (Å²) in [6.45, 7) is 1.82. The number of halogens is 1. The summed E-state index contributed by atoms with van der Waals surface area (Å²) in [6.07, 6.45) is 0. The van der Waals surface area contributed by atoms with Gasteiger partial charge in [-0.05, 0) is 0 Å². The molecule has 0 N–H and O–H groups in total. The zero-order valence-corrected chi connectivity index (χ0v) is 10.2. The van der Waals surface area contributed by atoms with Gasteiger partial charge in [-0.25, -0.2) is 0 Å². The van der Waals surface area contributed by atoms with Gasteiger partial charge < -0.3 is 0 Å². The summed E-state index contributed by atoms with van der Waals surface area (Å²) < 4.78 is -0.209. The molecule has 0 bridgehead atoms. The summed E-state index contributed by atoms with van der Waals surface area (Å²) in [7, 11) is 0. The van der Waals surface area contributed by atoms with Gasteiger partial charge in [-0.3, -0.25) is 0 Å². The normalized spacial score (nSPS) is 11.4. The number of rotatable bonds is 3. The molecule has 0 fully saturated rings. The van der Waals surface area contributed by atoms with Crippen LogP contribution in [0.1, 0.15) is 12.5 Å². The summed E-state index contributed by atoms with van der Waals surface area (Å²) >= 11 is -0.526. The number of alkyl halides is 1. The van der Waals surface area contributed by atoms with E-state index in [1.807, 2.05) is 42.2 Å². The molecule has 0 radical (unpaired) electrons. The van der Waals surface area contributed by atoms with E-state index in [9.17, 15) is 4.79 Å². The zero-order chi connectivity index (χ0) is 10.4. The molecule has 0 saturated heterocycles. The Balaban J connectivity index is 2.66. The molecule has 0 aromatic heterocycles. The maximum absolute atomic E-state index is 10.9. The van der Waals surface area contributed by atoms with E-state index >= 15 is 0 Å². The van der Waals surface area contributed by atoms with Gasteiger partial charge in [0.05, 0.1) is 0 Å². The predicted molar refractivity (Wildman–Crippen MR) is 51.1 cm³/mol. The third kappa shape index (κ3) is 3.45. The van der Waals surface area contributed by atoms with E-state index in [-0.39, 0.29) is 3.98 Å². The Hall–Kier alpha value is -0.910. The molecule has 3 nitrogen and oxygen atoms in total. The third-order valence-electron chi connectivity index (χ3n) is 1.60. The number of carbonyl (C=O) groups is 1. The summed E-state index contributed by atoms with van der Waals surface area (Å²) in [5.41, 5.74) is 1.69. The summed E-state index contributed by atoms with van der Waals surface area (Å²) in [6, 6.07) is 9.62. The van der Waals surface area contributed by atoms with Crippen molar-refractivity contribution in [3.8, 4) is 0 Å². The SMILES string of the molecule is C[I-]C(=O)O/N=C(\C)c1ccccc1. The summed E-state index contributed by atoms with van der Waals surface area (Å²) in [4.78, 5) is 17.4. The molecule has 1 rings (SSSR count). The van der Waals surface area contributed by atoms with Crippen LogP contribution in [0.4, 0.5) is 4.79 Å². The summed E-state index contributed by atoms with van der Waals surface area (Å²) in [5, 5.41) is 3.76. The van der Waals surface area contributed by atoms with Crippen molar-refractivity contribution < 1.29 is 30.8 Å². The van der Waals surface area contributed by atoms with Gasteiger partial charge in [0.1, 0.15) is 0 Å². The van der Waals surface area contributed by atoms with Crippen molar-refractivity contribution in [3.63, 3.8) is 0 Å². The van der Waals surface area contributed by atoms with Crippen molar-refractivity contribution in [2.75, 3.05) is 4.93 Å². The first-order valence-electron chi connectivity index (χ1n) is 4.04. The molecule has 0 saturated carbocycles. The number of hydrogen-bond acceptors (Lipinski definition) is 3. The third-order valence-corrected chi connectivity index (χ3v) is 2.68. The standard InChI is InChI=1S/C10H11INO2/c1-8(12-14-10(13)11-2)9-6-4-3-5-7-9/h3-7H,1-2H3/q-1/b12-8+. The minimum atomic E-state index is -0.526.